The Kier molecular flexibility index (Phi) is 1.70. The van der Waals surface area contributed by atoms with E-state index in [1.165, 1.54) is 19.2 Å². The molecule has 5 heteroatoms. The zero-order valence-corrected chi connectivity index (χ0v) is 8.33. The standard InChI is InChI=1S/C9H9ClN4/c10-8-6-3-1-2-4-7(6)13-9-11-5-12-14(8)9/h5H,1-4H2. The van der Waals surface area contributed by atoms with Gasteiger partial charge in [-0.15, -0.1) is 0 Å². The van der Waals surface area contributed by atoms with Crippen LogP contribution in [-0.2, 0) is 12.8 Å². The van der Waals surface area contributed by atoms with Crippen LogP contribution in [0.5, 0.6) is 0 Å². The normalized spacial score (nSPS) is 15.8. The van der Waals surface area contributed by atoms with Crippen LogP contribution < -0.4 is 0 Å². The fourth-order valence-corrected chi connectivity index (χ4v) is 2.26. The molecule has 3 rings (SSSR count). The summed E-state index contributed by atoms with van der Waals surface area (Å²) in [6.07, 6.45) is 5.89. The van der Waals surface area contributed by atoms with Gasteiger partial charge in [0.05, 0.1) is 5.69 Å². The molecule has 0 atom stereocenters. The Morgan fingerprint density at radius 1 is 1.29 bits per heavy atom. The van der Waals surface area contributed by atoms with E-state index in [2.05, 4.69) is 15.1 Å². The van der Waals surface area contributed by atoms with Gasteiger partial charge >= 0.3 is 0 Å². The second-order valence-electron chi connectivity index (χ2n) is 3.51. The number of fused-ring (bicyclic) bond motifs is 2. The summed E-state index contributed by atoms with van der Waals surface area (Å²) in [5.74, 6) is 0.607. The molecular weight excluding hydrogens is 200 g/mol. The average molecular weight is 209 g/mol. The van der Waals surface area contributed by atoms with Crippen molar-refractivity contribution in [3.63, 3.8) is 0 Å². The smallest absolute Gasteiger partial charge is 0.216 e. The molecule has 1 aliphatic carbocycles. The summed E-state index contributed by atoms with van der Waals surface area (Å²) in [5.41, 5.74) is 2.25. The third-order valence-corrected chi connectivity index (χ3v) is 3.03. The number of hydrogen-bond acceptors (Lipinski definition) is 3. The van der Waals surface area contributed by atoms with Crippen molar-refractivity contribution in [1.29, 1.82) is 0 Å². The van der Waals surface area contributed by atoms with E-state index in [1.54, 1.807) is 4.52 Å². The number of nitrogens with zero attached hydrogens (tertiary/aromatic N) is 4. The van der Waals surface area contributed by atoms with Gasteiger partial charge in [-0.2, -0.15) is 14.6 Å². The first-order valence-electron chi connectivity index (χ1n) is 4.73. The fourth-order valence-electron chi connectivity index (χ4n) is 1.93. The predicted molar refractivity (Wildman–Crippen MR) is 52.4 cm³/mol. The van der Waals surface area contributed by atoms with Crippen LogP contribution >= 0.6 is 11.6 Å². The van der Waals surface area contributed by atoms with Crippen molar-refractivity contribution in [2.45, 2.75) is 25.7 Å². The molecule has 2 aromatic heterocycles. The summed E-state index contributed by atoms with van der Waals surface area (Å²) < 4.78 is 1.60. The number of aromatic nitrogens is 4. The highest BCUT2D eigenvalue weighted by atomic mass is 35.5. The zero-order valence-electron chi connectivity index (χ0n) is 7.57. The monoisotopic (exact) mass is 208 g/mol. The topological polar surface area (TPSA) is 43.1 Å². The Hall–Kier alpha value is -1.16. The molecule has 0 N–H and O–H groups in total. The first-order valence-corrected chi connectivity index (χ1v) is 5.11. The molecule has 72 valence electrons. The van der Waals surface area contributed by atoms with Crippen LogP contribution in [0.3, 0.4) is 0 Å². The molecule has 0 bridgehead atoms. The van der Waals surface area contributed by atoms with Crippen LogP contribution in [-0.4, -0.2) is 19.6 Å². The van der Waals surface area contributed by atoms with E-state index in [1.807, 2.05) is 0 Å². The van der Waals surface area contributed by atoms with Gasteiger partial charge in [0.25, 0.3) is 5.78 Å². The van der Waals surface area contributed by atoms with Crippen molar-refractivity contribution < 1.29 is 0 Å². The molecule has 0 aromatic carbocycles. The molecule has 14 heavy (non-hydrogen) atoms. The largest absolute Gasteiger partial charge is 0.253 e. The Balaban J connectivity index is 2.36. The maximum Gasteiger partial charge on any atom is 0.253 e. The maximum atomic E-state index is 6.22. The van der Waals surface area contributed by atoms with Gasteiger partial charge in [-0.05, 0) is 25.7 Å². The quantitative estimate of drug-likeness (QED) is 0.619. The molecule has 2 aromatic rings. The van der Waals surface area contributed by atoms with E-state index in [-0.39, 0.29) is 0 Å². The SMILES string of the molecule is Clc1c2c(nc3ncnn13)CCCC2. The third-order valence-electron chi connectivity index (χ3n) is 2.64. The Labute approximate surface area is 85.9 Å². The fraction of sp³-hybridized carbons (Fsp3) is 0.444. The minimum atomic E-state index is 0.607. The molecule has 2 heterocycles. The third kappa shape index (κ3) is 1.04. The van der Waals surface area contributed by atoms with Crippen molar-refractivity contribution >= 4 is 17.4 Å². The molecule has 0 unspecified atom stereocenters. The van der Waals surface area contributed by atoms with Gasteiger partial charge in [-0.25, -0.2) is 4.98 Å². The lowest BCUT2D eigenvalue weighted by Gasteiger charge is -2.15. The van der Waals surface area contributed by atoms with Gasteiger partial charge in [-0.1, -0.05) is 11.6 Å². The molecule has 0 saturated carbocycles. The highest BCUT2D eigenvalue weighted by molar-refractivity contribution is 6.30. The van der Waals surface area contributed by atoms with Crippen molar-refractivity contribution in [2.75, 3.05) is 0 Å². The molecule has 4 nitrogen and oxygen atoms in total. The van der Waals surface area contributed by atoms with E-state index in [0.717, 1.165) is 24.1 Å². The molecular formula is C9H9ClN4. The van der Waals surface area contributed by atoms with Crippen LogP contribution in [0.2, 0.25) is 5.15 Å². The molecule has 0 spiro atoms. The highest BCUT2D eigenvalue weighted by Crippen LogP contribution is 2.26. The van der Waals surface area contributed by atoms with Crippen molar-refractivity contribution in [3.8, 4) is 0 Å². The number of halogens is 1. The number of aryl methyl sites for hydroxylation is 1. The molecule has 0 radical (unpaired) electrons. The lowest BCUT2D eigenvalue weighted by Crippen LogP contribution is -2.10. The van der Waals surface area contributed by atoms with Gasteiger partial charge in [0.15, 0.2) is 0 Å². The van der Waals surface area contributed by atoms with Gasteiger partial charge in [0.1, 0.15) is 11.5 Å². The summed E-state index contributed by atoms with van der Waals surface area (Å²) in [6, 6.07) is 0. The van der Waals surface area contributed by atoms with E-state index in [0.29, 0.717) is 10.9 Å². The number of hydrogen-bond donors (Lipinski definition) is 0. The summed E-state index contributed by atoms with van der Waals surface area (Å²) >= 11 is 6.22. The molecule has 0 fully saturated rings. The van der Waals surface area contributed by atoms with Crippen molar-refractivity contribution in [1.82, 2.24) is 19.6 Å². The van der Waals surface area contributed by atoms with E-state index < -0.39 is 0 Å². The number of rotatable bonds is 0. The molecule has 0 aliphatic heterocycles. The summed E-state index contributed by atoms with van der Waals surface area (Å²) in [6.45, 7) is 0. The predicted octanol–water partition coefficient (Wildman–Crippen LogP) is 1.66. The molecule has 1 aliphatic rings. The first-order chi connectivity index (χ1) is 6.86. The zero-order chi connectivity index (χ0) is 9.54. The summed E-state index contributed by atoms with van der Waals surface area (Å²) in [4.78, 5) is 8.49. The first kappa shape index (κ1) is 8.17. The molecule has 0 saturated heterocycles. The minimum absolute atomic E-state index is 0.607. The van der Waals surface area contributed by atoms with Crippen molar-refractivity contribution in [2.24, 2.45) is 0 Å². The molecule has 0 amide bonds. The Morgan fingerprint density at radius 3 is 3.07 bits per heavy atom. The van der Waals surface area contributed by atoms with Gasteiger partial charge in [0.2, 0.25) is 0 Å². The van der Waals surface area contributed by atoms with Gasteiger partial charge in [0, 0.05) is 5.56 Å². The maximum absolute atomic E-state index is 6.22. The summed E-state index contributed by atoms with van der Waals surface area (Å²) in [7, 11) is 0. The second kappa shape index (κ2) is 2.92. The van der Waals surface area contributed by atoms with Crippen molar-refractivity contribution in [3.05, 3.63) is 22.7 Å². The van der Waals surface area contributed by atoms with Crippen LogP contribution in [0.1, 0.15) is 24.1 Å². The van der Waals surface area contributed by atoms with Crippen LogP contribution in [0.25, 0.3) is 5.78 Å². The van der Waals surface area contributed by atoms with Crippen LogP contribution in [0.4, 0.5) is 0 Å². The Bertz CT molecular complexity index is 491. The highest BCUT2D eigenvalue weighted by Gasteiger charge is 2.17. The van der Waals surface area contributed by atoms with E-state index in [4.69, 9.17) is 11.6 Å². The lowest BCUT2D eigenvalue weighted by molar-refractivity contribution is 0.659. The minimum Gasteiger partial charge on any atom is -0.216 e. The second-order valence-corrected chi connectivity index (χ2v) is 3.86. The van der Waals surface area contributed by atoms with E-state index in [9.17, 15) is 0 Å². The van der Waals surface area contributed by atoms with Gasteiger partial charge in [-0.3, -0.25) is 0 Å². The average Bonchev–Trinajstić information content (AvgIpc) is 2.66. The lowest BCUT2D eigenvalue weighted by atomic mass is 9.97. The summed E-state index contributed by atoms with van der Waals surface area (Å²) in [5, 5.41) is 4.72. The van der Waals surface area contributed by atoms with Gasteiger partial charge < -0.3 is 0 Å². The van der Waals surface area contributed by atoms with Crippen LogP contribution in [0.15, 0.2) is 6.33 Å². The van der Waals surface area contributed by atoms with Crippen LogP contribution in [0, 0.1) is 0 Å². The Morgan fingerprint density at radius 2 is 2.14 bits per heavy atom. The van der Waals surface area contributed by atoms with E-state index >= 15 is 0 Å².